The van der Waals surface area contributed by atoms with Gasteiger partial charge in [-0.25, -0.2) is 4.98 Å². The lowest BCUT2D eigenvalue weighted by molar-refractivity contribution is 0.313. The minimum atomic E-state index is -0.806. The van der Waals surface area contributed by atoms with Crippen molar-refractivity contribution in [3.05, 3.63) is 75.8 Å². The molecule has 0 amide bonds. The van der Waals surface area contributed by atoms with E-state index in [9.17, 15) is 10.4 Å². The van der Waals surface area contributed by atoms with Gasteiger partial charge in [-0.1, -0.05) is 64.4 Å². The van der Waals surface area contributed by atoms with E-state index in [0.717, 1.165) is 10.6 Å². The van der Waals surface area contributed by atoms with Gasteiger partial charge in [0.25, 0.3) is 0 Å². The van der Waals surface area contributed by atoms with Crippen molar-refractivity contribution in [1.29, 1.82) is 0 Å². The van der Waals surface area contributed by atoms with E-state index in [-0.39, 0.29) is 11.4 Å². The summed E-state index contributed by atoms with van der Waals surface area (Å²) in [6.45, 7) is 1.83. The van der Waals surface area contributed by atoms with E-state index >= 15 is 0 Å². The smallest absolute Gasteiger partial charge is 0.136 e. The molecular weight excluding hydrogens is 384 g/mol. The van der Waals surface area contributed by atoms with Crippen LogP contribution in [0.2, 0.25) is 5.02 Å². The Labute approximate surface area is 165 Å². The Morgan fingerprint density at radius 1 is 1.07 bits per heavy atom. The fourth-order valence-corrected chi connectivity index (χ4v) is 3.85. The van der Waals surface area contributed by atoms with Crippen LogP contribution in [0.15, 0.2) is 64.9 Å². The fraction of sp³-hybridized carbons (Fsp3) is 0.105. The van der Waals surface area contributed by atoms with Crippen LogP contribution in [0.25, 0.3) is 10.6 Å². The molecule has 0 saturated heterocycles. The predicted molar refractivity (Wildman–Crippen MR) is 108 cm³/mol. The summed E-state index contributed by atoms with van der Waals surface area (Å²) in [6, 6.07) is 15.4. The van der Waals surface area contributed by atoms with E-state index in [4.69, 9.17) is 17.3 Å². The van der Waals surface area contributed by atoms with Crippen LogP contribution in [0.4, 0.5) is 0 Å². The van der Waals surface area contributed by atoms with Gasteiger partial charge in [0.05, 0.1) is 16.6 Å². The quantitative estimate of drug-likeness (QED) is 0.333. The molecule has 0 aliphatic heterocycles. The summed E-state index contributed by atoms with van der Waals surface area (Å²) in [4.78, 5) is 5.28. The number of thiazole rings is 1. The van der Waals surface area contributed by atoms with E-state index in [1.807, 2.05) is 25.1 Å². The standard InChI is InChI=1S/C19H17ClN4O2S/c1-11-18(27-19(22-11)13-7-9-14(20)10-8-13)15(21)17(24-26)16(23-25)12-5-3-2-4-6-12/h2-10,15,25-26H,21H2,1H3. The Morgan fingerprint density at radius 3 is 2.33 bits per heavy atom. The summed E-state index contributed by atoms with van der Waals surface area (Å²) in [5, 5.41) is 27.0. The van der Waals surface area contributed by atoms with Gasteiger partial charge in [-0.2, -0.15) is 0 Å². The van der Waals surface area contributed by atoms with Gasteiger partial charge in [-0.15, -0.1) is 11.3 Å². The summed E-state index contributed by atoms with van der Waals surface area (Å²) < 4.78 is 0. The molecule has 0 radical (unpaired) electrons. The lowest BCUT2D eigenvalue weighted by atomic mass is 9.99. The van der Waals surface area contributed by atoms with Crippen molar-refractivity contribution < 1.29 is 10.4 Å². The molecule has 1 heterocycles. The van der Waals surface area contributed by atoms with Crippen LogP contribution in [-0.4, -0.2) is 26.8 Å². The first-order valence-electron chi connectivity index (χ1n) is 8.03. The van der Waals surface area contributed by atoms with E-state index in [2.05, 4.69) is 15.3 Å². The van der Waals surface area contributed by atoms with Gasteiger partial charge >= 0.3 is 0 Å². The van der Waals surface area contributed by atoms with Gasteiger partial charge in [0.2, 0.25) is 0 Å². The van der Waals surface area contributed by atoms with Crippen LogP contribution in [0.1, 0.15) is 22.2 Å². The number of aryl methyl sites for hydroxylation is 1. The lowest BCUT2D eigenvalue weighted by Gasteiger charge is -2.13. The zero-order valence-corrected chi connectivity index (χ0v) is 15.9. The largest absolute Gasteiger partial charge is 0.411 e. The normalized spacial score (nSPS) is 13.6. The average molecular weight is 401 g/mol. The summed E-state index contributed by atoms with van der Waals surface area (Å²) in [7, 11) is 0. The third-order valence-corrected chi connectivity index (χ3v) is 5.54. The van der Waals surface area contributed by atoms with Gasteiger partial charge in [0.15, 0.2) is 0 Å². The second-order valence-corrected chi connectivity index (χ2v) is 7.22. The molecule has 0 aliphatic rings. The summed E-state index contributed by atoms with van der Waals surface area (Å²) in [5.74, 6) is 0. The van der Waals surface area contributed by atoms with Crippen LogP contribution in [-0.2, 0) is 0 Å². The maximum absolute atomic E-state index is 9.55. The molecular formula is C19H17ClN4O2S. The molecule has 8 heteroatoms. The summed E-state index contributed by atoms with van der Waals surface area (Å²) in [6.07, 6.45) is 0. The number of oxime groups is 2. The Hall–Kier alpha value is -2.74. The van der Waals surface area contributed by atoms with Crippen LogP contribution >= 0.6 is 22.9 Å². The highest BCUT2D eigenvalue weighted by Gasteiger charge is 2.26. The minimum absolute atomic E-state index is 0.0538. The van der Waals surface area contributed by atoms with Crippen molar-refractivity contribution in [3.8, 4) is 10.6 Å². The van der Waals surface area contributed by atoms with E-state index in [1.165, 1.54) is 11.3 Å². The number of aromatic nitrogens is 1. The van der Waals surface area contributed by atoms with Crippen molar-refractivity contribution in [2.45, 2.75) is 13.0 Å². The zero-order valence-electron chi connectivity index (χ0n) is 14.4. The molecule has 3 rings (SSSR count). The van der Waals surface area contributed by atoms with Crippen molar-refractivity contribution in [1.82, 2.24) is 4.98 Å². The van der Waals surface area contributed by atoms with E-state index in [0.29, 0.717) is 21.2 Å². The molecule has 4 N–H and O–H groups in total. The molecule has 27 heavy (non-hydrogen) atoms. The first-order chi connectivity index (χ1) is 13.0. The van der Waals surface area contributed by atoms with Crippen molar-refractivity contribution in [2.24, 2.45) is 16.0 Å². The molecule has 0 fully saturated rings. The Bertz CT molecular complexity index is 985. The van der Waals surface area contributed by atoms with Gasteiger partial charge in [0, 0.05) is 16.1 Å². The van der Waals surface area contributed by atoms with Crippen LogP contribution in [0.3, 0.4) is 0 Å². The fourth-order valence-electron chi connectivity index (χ4n) is 2.65. The van der Waals surface area contributed by atoms with Gasteiger partial charge in [-0.3, -0.25) is 0 Å². The van der Waals surface area contributed by atoms with Gasteiger partial charge in [-0.05, 0) is 19.1 Å². The molecule has 3 aromatic rings. The molecule has 1 unspecified atom stereocenters. The SMILES string of the molecule is Cc1nc(-c2ccc(Cl)cc2)sc1C(N)C(=NO)C(=NO)c1ccccc1. The summed E-state index contributed by atoms with van der Waals surface area (Å²) >= 11 is 7.32. The van der Waals surface area contributed by atoms with Gasteiger partial charge < -0.3 is 16.1 Å². The van der Waals surface area contributed by atoms with E-state index in [1.54, 1.807) is 36.4 Å². The number of benzene rings is 2. The molecule has 0 saturated carbocycles. The number of nitrogens with two attached hydrogens (primary N) is 1. The molecule has 1 aromatic heterocycles. The number of hydrogen-bond acceptors (Lipinski definition) is 7. The van der Waals surface area contributed by atoms with Crippen molar-refractivity contribution in [3.63, 3.8) is 0 Å². The van der Waals surface area contributed by atoms with Crippen LogP contribution in [0.5, 0.6) is 0 Å². The highest BCUT2D eigenvalue weighted by molar-refractivity contribution is 7.15. The third-order valence-electron chi connectivity index (χ3n) is 4.00. The number of hydrogen-bond donors (Lipinski definition) is 3. The average Bonchev–Trinajstić information content (AvgIpc) is 3.08. The Balaban J connectivity index is 1.97. The highest BCUT2D eigenvalue weighted by atomic mass is 35.5. The molecule has 0 aliphatic carbocycles. The van der Waals surface area contributed by atoms with Crippen LogP contribution in [0, 0.1) is 6.92 Å². The molecule has 138 valence electrons. The summed E-state index contributed by atoms with van der Waals surface area (Å²) in [5.41, 5.74) is 8.71. The third kappa shape index (κ3) is 4.00. The minimum Gasteiger partial charge on any atom is -0.411 e. The number of halogens is 1. The molecule has 0 spiro atoms. The topological polar surface area (TPSA) is 104 Å². The van der Waals surface area contributed by atoms with Crippen molar-refractivity contribution in [2.75, 3.05) is 0 Å². The Kier molecular flexibility index (Phi) is 5.85. The Morgan fingerprint density at radius 2 is 1.74 bits per heavy atom. The van der Waals surface area contributed by atoms with Crippen molar-refractivity contribution >= 4 is 34.4 Å². The maximum atomic E-state index is 9.55. The lowest BCUT2D eigenvalue weighted by Crippen LogP contribution is -2.29. The highest BCUT2D eigenvalue weighted by Crippen LogP contribution is 2.32. The molecule has 2 aromatic carbocycles. The predicted octanol–water partition coefficient (Wildman–Crippen LogP) is 4.48. The molecule has 6 nitrogen and oxygen atoms in total. The first-order valence-corrected chi connectivity index (χ1v) is 9.23. The molecule has 1 atom stereocenters. The second-order valence-electron chi connectivity index (χ2n) is 5.75. The van der Waals surface area contributed by atoms with Gasteiger partial charge in [0.1, 0.15) is 16.4 Å². The molecule has 0 bridgehead atoms. The monoisotopic (exact) mass is 400 g/mol. The number of nitrogens with zero attached hydrogens (tertiary/aromatic N) is 3. The first kappa shape index (κ1) is 19.0. The van der Waals surface area contributed by atoms with E-state index < -0.39 is 6.04 Å². The van der Waals surface area contributed by atoms with Crippen LogP contribution < -0.4 is 5.73 Å². The second kappa shape index (κ2) is 8.30. The zero-order chi connectivity index (χ0) is 19.4. The number of rotatable bonds is 5. The maximum Gasteiger partial charge on any atom is 0.136 e.